The molecule has 0 aliphatic heterocycles. The zero-order valence-electron chi connectivity index (χ0n) is 31.9. The average Bonchev–Trinajstić information content (AvgIpc) is 3.45. The van der Waals surface area contributed by atoms with Crippen LogP contribution in [0.25, 0.3) is 22.3 Å². The number of unbranched alkanes of at least 4 members (excludes halogenated alkanes) is 2. The van der Waals surface area contributed by atoms with Gasteiger partial charge in [-0.1, -0.05) is 67.4 Å². The van der Waals surface area contributed by atoms with Crippen LogP contribution >= 0.6 is 0 Å². The van der Waals surface area contributed by atoms with E-state index < -0.39 is 24.0 Å². The number of fused-ring (bicyclic) bond motifs is 1. The summed E-state index contributed by atoms with van der Waals surface area (Å²) < 4.78 is 72.2. The molecule has 3 aromatic rings. The van der Waals surface area contributed by atoms with Crippen molar-refractivity contribution >= 4 is 16.9 Å². The molecule has 1 heterocycles. The van der Waals surface area contributed by atoms with Crippen molar-refractivity contribution in [3.05, 3.63) is 48.0 Å². The van der Waals surface area contributed by atoms with E-state index in [1.807, 2.05) is 27.7 Å². The van der Waals surface area contributed by atoms with Crippen LogP contribution in [-0.2, 0) is 25.4 Å². The normalized spacial score (nSPS) is 14.9. The maximum absolute atomic E-state index is 13.3. The maximum Gasteiger partial charge on any atom is 0.573 e. The van der Waals surface area contributed by atoms with Crippen LogP contribution in [0, 0.1) is 16.2 Å². The number of aliphatic hydroxyl groups is 2. The Kier molecular flexibility index (Phi) is 15.4. The molecule has 0 fully saturated rings. The van der Waals surface area contributed by atoms with Crippen molar-refractivity contribution in [3.8, 4) is 22.8 Å². The van der Waals surface area contributed by atoms with Gasteiger partial charge in [0.15, 0.2) is 0 Å². The number of aryl methyl sites for hydroxylation is 1. The molecule has 52 heavy (non-hydrogen) atoms. The molecule has 1 aromatic heterocycles. The summed E-state index contributed by atoms with van der Waals surface area (Å²) >= 11 is 0. The van der Waals surface area contributed by atoms with Crippen LogP contribution in [-0.4, -0.2) is 74.4 Å². The third kappa shape index (κ3) is 13.6. The number of benzene rings is 2. The van der Waals surface area contributed by atoms with Crippen molar-refractivity contribution < 1.29 is 56.3 Å². The number of alkyl halides is 3. The average molecular weight is 739 g/mol. The van der Waals surface area contributed by atoms with Crippen LogP contribution in [0.3, 0.4) is 0 Å². The quantitative estimate of drug-likeness (QED) is 0.0866. The molecular formula is C40H57F3O9. The summed E-state index contributed by atoms with van der Waals surface area (Å²) in [6.07, 6.45) is -2.69. The molecule has 9 nitrogen and oxygen atoms in total. The van der Waals surface area contributed by atoms with Crippen molar-refractivity contribution in [2.75, 3.05) is 39.6 Å². The Morgan fingerprint density at radius 2 is 1.48 bits per heavy atom. The molecule has 0 saturated carbocycles. The number of aliphatic hydroxyl groups excluding tert-OH is 2. The largest absolute Gasteiger partial charge is 0.573 e. The number of hydrogen-bond acceptors (Lipinski definition) is 9. The molecule has 3 atom stereocenters. The second-order valence-corrected chi connectivity index (χ2v) is 15.8. The van der Waals surface area contributed by atoms with Crippen LogP contribution in [0.15, 0.2) is 46.9 Å². The van der Waals surface area contributed by atoms with Gasteiger partial charge in [-0.25, -0.2) is 0 Å². The number of furan rings is 1. The molecule has 0 radical (unpaired) electrons. The lowest BCUT2D eigenvalue weighted by Crippen LogP contribution is -2.45. The van der Waals surface area contributed by atoms with E-state index in [1.165, 1.54) is 6.07 Å². The fraction of sp³-hybridized carbons (Fsp3) is 0.625. The lowest BCUT2D eigenvalue weighted by Gasteiger charge is -2.43. The standard InChI is InChI=1S/C40H57F3O9/c1-9-10-11-12-27-13-16-32(35(19-27)52-40(41,42)43)34-20-28-14-15-31(21-33(28)51-34)49-24-29(44)22-47-17-18-48-23-30(45)25-50-36(46)39(8,38(5,6)7)26-37(2,3)4/h13-16,19-21,29-30,44-45H,9-12,17-18,22-26H2,1-8H3. The van der Waals surface area contributed by atoms with Gasteiger partial charge in [-0.3, -0.25) is 4.79 Å². The van der Waals surface area contributed by atoms with Crippen LogP contribution in [0.4, 0.5) is 13.2 Å². The van der Waals surface area contributed by atoms with Gasteiger partial charge in [0.05, 0.1) is 37.4 Å². The van der Waals surface area contributed by atoms with E-state index in [2.05, 4.69) is 32.4 Å². The first kappa shape index (κ1) is 43.1. The Morgan fingerprint density at radius 3 is 2.08 bits per heavy atom. The highest BCUT2D eigenvalue weighted by molar-refractivity contribution is 5.85. The molecule has 3 unspecified atom stereocenters. The Morgan fingerprint density at radius 1 is 0.827 bits per heavy atom. The Labute approximate surface area is 305 Å². The van der Waals surface area contributed by atoms with Gasteiger partial charge in [0, 0.05) is 11.5 Å². The number of halogens is 3. The minimum atomic E-state index is -4.86. The fourth-order valence-corrected chi connectivity index (χ4v) is 5.83. The summed E-state index contributed by atoms with van der Waals surface area (Å²) in [6.45, 7) is 16.2. The van der Waals surface area contributed by atoms with E-state index >= 15 is 0 Å². The molecule has 0 aliphatic rings. The highest BCUT2D eigenvalue weighted by atomic mass is 19.4. The van der Waals surface area contributed by atoms with Crippen molar-refractivity contribution in [3.63, 3.8) is 0 Å². The SMILES string of the molecule is CCCCCc1ccc(-c2cc3ccc(OCC(O)COCCOCC(O)COC(=O)C(C)(CC(C)(C)C)C(C)(C)C)cc3o2)c(OC(F)(F)F)c1. The van der Waals surface area contributed by atoms with Crippen LogP contribution in [0.1, 0.15) is 86.6 Å². The van der Waals surface area contributed by atoms with Crippen LogP contribution in [0.5, 0.6) is 11.5 Å². The van der Waals surface area contributed by atoms with Crippen molar-refractivity contribution in [1.29, 1.82) is 0 Å². The fourth-order valence-electron chi connectivity index (χ4n) is 5.83. The molecule has 292 valence electrons. The van der Waals surface area contributed by atoms with Gasteiger partial charge in [0.1, 0.15) is 48.3 Å². The molecule has 0 aliphatic carbocycles. The molecule has 0 saturated heterocycles. The summed E-state index contributed by atoms with van der Waals surface area (Å²) in [6, 6.07) is 11.4. The molecular weight excluding hydrogens is 681 g/mol. The summed E-state index contributed by atoms with van der Waals surface area (Å²) in [5.41, 5.74) is 0.169. The number of carbonyl (C=O) groups is 1. The van der Waals surface area contributed by atoms with E-state index in [9.17, 15) is 28.2 Å². The molecule has 2 N–H and O–H groups in total. The molecule has 0 spiro atoms. The summed E-state index contributed by atoms with van der Waals surface area (Å²) in [5.74, 6) is -0.0624. The first-order valence-electron chi connectivity index (χ1n) is 17.9. The van der Waals surface area contributed by atoms with Crippen LogP contribution < -0.4 is 9.47 Å². The zero-order chi connectivity index (χ0) is 38.7. The molecule has 3 rings (SSSR count). The third-order valence-electron chi connectivity index (χ3n) is 8.93. The summed E-state index contributed by atoms with van der Waals surface area (Å²) in [7, 11) is 0. The highest BCUT2D eigenvalue weighted by Crippen LogP contribution is 2.47. The smallest absolute Gasteiger partial charge is 0.491 e. The molecule has 0 bridgehead atoms. The number of hydrogen-bond donors (Lipinski definition) is 2. The van der Waals surface area contributed by atoms with Gasteiger partial charge in [0.2, 0.25) is 0 Å². The number of carbonyl (C=O) groups excluding carboxylic acids is 1. The first-order valence-corrected chi connectivity index (χ1v) is 17.9. The van der Waals surface area contributed by atoms with Gasteiger partial charge < -0.3 is 38.3 Å². The third-order valence-corrected chi connectivity index (χ3v) is 8.93. The van der Waals surface area contributed by atoms with E-state index in [0.29, 0.717) is 29.6 Å². The van der Waals surface area contributed by atoms with E-state index in [1.54, 1.807) is 36.4 Å². The predicted octanol–water partition coefficient (Wildman–Crippen LogP) is 8.90. The van der Waals surface area contributed by atoms with Crippen molar-refractivity contribution in [1.82, 2.24) is 0 Å². The lowest BCUT2D eigenvalue weighted by molar-refractivity contribution is -0.274. The number of ether oxygens (including phenoxy) is 5. The van der Waals surface area contributed by atoms with Gasteiger partial charge >= 0.3 is 12.3 Å². The van der Waals surface area contributed by atoms with E-state index in [4.69, 9.17) is 23.4 Å². The zero-order valence-corrected chi connectivity index (χ0v) is 31.9. The molecule has 0 amide bonds. The Balaban J connectivity index is 1.43. The topological polar surface area (TPSA) is 117 Å². The van der Waals surface area contributed by atoms with Gasteiger partial charge in [-0.2, -0.15) is 0 Å². The Bertz CT molecular complexity index is 1550. The van der Waals surface area contributed by atoms with E-state index in [0.717, 1.165) is 24.8 Å². The molecule has 2 aromatic carbocycles. The molecule has 12 heteroatoms. The number of rotatable bonds is 20. The maximum atomic E-state index is 13.3. The summed E-state index contributed by atoms with van der Waals surface area (Å²) in [4.78, 5) is 13.1. The van der Waals surface area contributed by atoms with Crippen molar-refractivity contribution in [2.45, 2.75) is 106 Å². The van der Waals surface area contributed by atoms with Gasteiger partial charge in [-0.05, 0) is 72.9 Å². The highest BCUT2D eigenvalue weighted by Gasteiger charge is 2.47. The van der Waals surface area contributed by atoms with E-state index in [-0.39, 0.29) is 73.5 Å². The Hall–Kier alpha value is -3.32. The second-order valence-electron chi connectivity index (χ2n) is 15.8. The lowest BCUT2D eigenvalue weighted by atomic mass is 9.61. The van der Waals surface area contributed by atoms with Gasteiger partial charge in [-0.15, -0.1) is 13.2 Å². The summed E-state index contributed by atoms with van der Waals surface area (Å²) in [5, 5.41) is 21.3. The second kappa shape index (κ2) is 18.6. The van der Waals surface area contributed by atoms with Crippen LogP contribution in [0.2, 0.25) is 0 Å². The first-order chi connectivity index (χ1) is 24.2. The van der Waals surface area contributed by atoms with Crippen molar-refractivity contribution in [2.24, 2.45) is 16.2 Å². The minimum absolute atomic E-state index is 0.0355. The minimum Gasteiger partial charge on any atom is -0.491 e. The monoisotopic (exact) mass is 738 g/mol. The number of esters is 1. The van der Waals surface area contributed by atoms with Gasteiger partial charge in [0.25, 0.3) is 0 Å². The predicted molar refractivity (Wildman–Crippen MR) is 193 cm³/mol.